The van der Waals surface area contributed by atoms with Gasteiger partial charge < -0.3 is 5.32 Å². The molecule has 1 N–H and O–H groups in total. The first-order chi connectivity index (χ1) is 16.0. The molecule has 2 fully saturated rings. The van der Waals surface area contributed by atoms with E-state index in [-0.39, 0.29) is 22.4 Å². The third-order valence-electron chi connectivity index (χ3n) is 7.09. The maximum Gasteiger partial charge on any atom is 0.269 e. The van der Waals surface area contributed by atoms with Gasteiger partial charge in [-0.3, -0.25) is 24.8 Å². The van der Waals surface area contributed by atoms with Crippen LogP contribution in [0.5, 0.6) is 0 Å². The number of hydrogen-bond acceptors (Lipinski definition) is 5. The fraction of sp³-hybridized carbons (Fsp3) is 0.538. The molecule has 0 bridgehead atoms. The fourth-order valence-electron chi connectivity index (χ4n) is 5.19. The minimum absolute atomic E-state index is 0.00194. The van der Waals surface area contributed by atoms with E-state index in [1.807, 2.05) is 25.1 Å². The standard InChI is InChI=1S/C26H34N4O3/c1-19-10-11-24(26(31)27-17-20-6-3-2-4-7-20)25(28-19)22-12-14-29(15-13-22)18-21-8-5-9-23(16-21)30(32)33/h5,8-11,16,20,22H,2-4,6-7,12-15,17-18H2,1H3,(H,27,31). The van der Waals surface area contributed by atoms with Gasteiger partial charge in [0.2, 0.25) is 0 Å². The molecule has 1 amide bonds. The number of aryl methyl sites for hydroxylation is 1. The van der Waals surface area contributed by atoms with E-state index in [0.29, 0.717) is 18.0 Å². The Morgan fingerprint density at radius 1 is 1.12 bits per heavy atom. The van der Waals surface area contributed by atoms with Gasteiger partial charge in [-0.1, -0.05) is 31.4 Å². The highest BCUT2D eigenvalue weighted by molar-refractivity contribution is 5.95. The number of non-ortho nitro benzene ring substituents is 1. The highest BCUT2D eigenvalue weighted by Crippen LogP contribution is 2.30. The number of nitro benzene ring substituents is 1. The molecule has 2 aliphatic rings. The first-order valence-electron chi connectivity index (χ1n) is 12.2. The van der Waals surface area contributed by atoms with Crippen molar-refractivity contribution in [1.82, 2.24) is 15.2 Å². The van der Waals surface area contributed by atoms with Crippen LogP contribution in [0.4, 0.5) is 5.69 Å². The minimum atomic E-state index is -0.347. The first-order valence-corrected chi connectivity index (χ1v) is 12.2. The lowest BCUT2D eigenvalue weighted by Crippen LogP contribution is -2.35. The van der Waals surface area contributed by atoms with Gasteiger partial charge in [0, 0.05) is 36.8 Å². The number of carbonyl (C=O) groups excluding carboxylic acids is 1. The van der Waals surface area contributed by atoms with Gasteiger partial charge in [0.05, 0.1) is 16.2 Å². The molecule has 7 heteroatoms. The van der Waals surface area contributed by atoms with Crippen molar-refractivity contribution < 1.29 is 9.72 Å². The summed E-state index contributed by atoms with van der Waals surface area (Å²) >= 11 is 0. The molecule has 4 rings (SSSR count). The highest BCUT2D eigenvalue weighted by atomic mass is 16.6. The third-order valence-corrected chi connectivity index (χ3v) is 7.09. The number of likely N-dealkylation sites (tertiary alicyclic amines) is 1. The van der Waals surface area contributed by atoms with E-state index in [4.69, 9.17) is 4.98 Å². The van der Waals surface area contributed by atoms with Gasteiger partial charge in [0.25, 0.3) is 11.6 Å². The van der Waals surface area contributed by atoms with Gasteiger partial charge in [-0.25, -0.2) is 0 Å². The molecule has 1 aromatic heterocycles. The molecule has 0 atom stereocenters. The van der Waals surface area contributed by atoms with Crippen LogP contribution in [-0.2, 0) is 6.54 Å². The van der Waals surface area contributed by atoms with E-state index < -0.39 is 0 Å². The number of piperidine rings is 1. The molecule has 33 heavy (non-hydrogen) atoms. The summed E-state index contributed by atoms with van der Waals surface area (Å²) in [6.07, 6.45) is 8.13. The van der Waals surface area contributed by atoms with E-state index in [2.05, 4.69) is 10.2 Å². The summed E-state index contributed by atoms with van der Waals surface area (Å²) < 4.78 is 0. The average molecular weight is 451 g/mol. The maximum atomic E-state index is 13.0. The molecule has 2 aromatic rings. The zero-order chi connectivity index (χ0) is 23.2. The van der Waals surface area contributed by atoms with Crippen LogP contribution in [0.25, 0.3) is 0 Å². The smallest absolute Gasteiger partial charge is 0.269 e. The van der Waals surface area contributed by atoms with Gasteiger partial charge in [-0.15, -0.1) is 0 Å². The lowest BCUT2D eigenvalue weighted by atomic mass is 9.88. The zero-order valence-electron chi connectivity index (χ0n) is 19.5. The second kappa shape index (κ2) is 10.9. The Morgan fingerprint density at radius 2 is 1.88 bits per heavy atom. The van der Waals surface area contributed by atoms with Gasteiger partial charge in [-0.2, -0.15) is 0 Å². The van der Waals surface area contributed by atoms with Gasteiger partial charge >= 0.3 is 0 Å². The topological polar surface area (TPSA) is 88.4 Å². The van der Waals surface area contributed by atoms with Crippen molar-refractivity contribution in [2.24, 2.45) is 5.92 Å². The predicted octanol–water partition coefficient (Wildman–Crippen LogP) is 4.99. The Kier molecular flexibility index (Phi) is 7.70. The molecular weight excluding hydrogens is 416 g/mol. The normalized spacial score (nSPS) is 18.2. The second-order valence-electron chi connectivity index (χ2n) is 9.58. The summed E-state index contributed by atoms with van der Waals surface area (Å²) in [6.45, 7) is 5.20. The van der Waals surface area contributed by atoms with Crippen LogP contribution < -0.4 is 5.32 Å². The SMILES string of the molecule is Cc1ccc(C(=O)NCC2CCCCC2)c(C2CCN(Cc3cccc([N+](=O)[O-])c3)CC2)n1. The number of nitrogens with zero attached hydrogens (tertiary/aromatic N) is 3. The molecule has 0 spiro atoms. The van der Waals surface area contributed by atoms with Crippen molar-refractivity contribution in [2.45, 2.75) is 64.3 Å². The van der Waals surface area contributed by atoms with Crippen LogP contribution in [0, 0.1) is 23.0 Å². The Labute approximate surface area is 195 Å². The van der Waals surface area contributed by atoms with E-state index >= 15 is 0 Å². The van der Waals surface area contributed by atoms with E-state index in [9.17, 15) is 14.9 Å². The van der Waals surface area contributed by atoms with Crippen molar-refractivity contribution in [3.05, 3.63) is 69.0 Å². The monoisotopic (exact) mass is 450 g/mol. The largest absolute Gasteiger partial charge is 0.352 e. The Bertz CT molecular complexity index is 979. The van der Waals surface area contributed by atoms with Crippen LogP contribution >= 0.6 is 0 Å². The first kappa shape index (κ1) is 23.4. The number of hydrogen-bond donors (Lipinski definition) is 1. The van der Waals surface area contributed by atoms with Crippen LogP contribution in [0.1, 0.15) is 78.2 Å². The summed E-state index contributed by atoms with van der Waals surface area (Å²) in [4.78, 5) is 30.9. The minimum Gasteiger partial charge on any atom is -0.352 e. The summed E-state index contributed by atoms with van der Waals surface area (Å²) in [7, 11) is 0. The van der Waals surface area contributed by atoms with E-state index in [1.54, 1.807) is 12.1 Å². The number of nitro groups is 1. The van der Waals surface area contributed by atoms with Crippen molar-refractivity contribution in [2.75, 3.05) is 19.6 Å². The average Bonchev–Trinajstić information content (AvgIpc) is 2.84. The van der Waals surface area contributed by atoms with Crippen LogP contribution in [0.2, 0.25) is 0 Å². The summed E-state index contributed by atoms with van der Waals surface area (Å²) in [5, 5.41) is 14.2. The van der Waals surface area contributed by atoms with E-state index in [0.717, 1.165) is 49.4 Å². The number of rotatable bonds is 7. The predicted molar refractivity (Wildman–Crippen MR) is 128 cm³/mol. The van der Waals surface area contributed by atoms with Crippen molar-refractivity contribution in [3.8, 4) is 0 Å². The molecule has 1 saturated carbocycles. The Hall–Kier alpha value is -2.80. The molecule has 1 aliphatic carbocycles. The van der Waals surface area contributed by atoms with Crippen molar-refractivity contribution >= 4 is 11.6 Å². The Balaban J connectivity index is 1.37. The van der Waals surface area contributed by atoms with Gasteiger partial charge in [0.1, 0.15) is 0 Å². The summed E-state index contributed by atoms with van der Waals surface area (Å²) in [6, 6.07) is 10.7. The van der Waals surface area contributed by atoms with Crippen molar-refractivity contribution in [3.63, 3.8) is 0 Å². The van der Waals surface area contributed by atoms with Crippen LogP contribution in [0.3, 0.4) is 0 Å². The third kappa shape index (κ3) is 6.16. The molecule has 1 saturated heterocycles. The molecule has 7 nitrogen and oxygen atoms in total. The van der Waals surface area contributed by atoms with E-state index in [1.165, 1.54) is 38.2 Å². The molecule has 0 radical (unpaired) electrons. The zero-order valence-corrected chi connectivity index (χ0v) is 19.5. The molecule has 2 heterocycles. The maximum absolute atomic E-state index is 13.0. The van der Waals surface area contributed by atoms with Crippen LogP contribution in [0.15, 0.2) is 36.4 Å². The van der Waals surface area contributed by atoms with Crippen molar-refractivity contribution in [1.29, 1.82) is 0 Å². The highest BCUT2D eigenvalue weighted by Gasteiger charge is 2.26. The lowest BCUT2D eigenvalue weighted by molar-refractivity contribution is -0.384. The molecule has 176 valence electrons. The number of benzene rings is 1. The second-order valence-corrected chi connectivity index (χ2v) is 9.58. The summed E-state index contributed by atoms with van der Waals surface area (Å²) in [5.41, 5.74) is 3.67. The molecule has 1 aromatic carbocycles. The fourth-order valence-corrected chi connectivity index (χ4v) is 5.19. The van der Waals surface area contributed by atoms with Gasteiger partial charge in [-0.05, 0) is 69.3 Å². The number of aromatic nitrogens is 1. The number of nitrogens with one attached hydrogen (secondary N) is 1. The quantitative estimate of drug-likeness (QED) is 0.474. The number of pyridine rings is 1. The molecular formula is C26H34N4O3. The molecule has 1 aliphatic heterocycles. The summed E-state index contributed by atoms with van der Waals surface area (Å²) in [5.74, 6) is 0.852. The lowest BCUT2D eigenvalue weighted by Gasteiger charge is -2.32. The Morgan fingerprint density at radius 3 is 2.61 bits per heavy atom. The van der Waals surface area contributed by atoms with Crippen LogP contribution in [-0.4, -0.2) is 40.3 Å². The number of carbonyl (C=O) groups is 1. The number of amides is 1. The van der Waals surface area contributed by atoms with Gasteiger partial charge in [0.15, 0.2) is 0 Å². The molecule has 0 unspecified atom stereocenters.